The average molecular weight is 388 g/mol. The molecule has 0 aliphatic heterocycles. The first kappa shape index (κ1) is 18.0. The Bertz CT molecular complexity index is 930. The summed E-state index contributed by atoms with van der Waals surface area (Å²) in [4.78, 5) is 16.6. The Kier molecular flexibility index (Phi) is 5.61. The molecule has 0 aliphatic rings. The predicted octanol–water partition coefficient (Wildman–Crippen LogP) is 5.39. The topological polar surface area (TPSA) is 63.2 Å². The number of halogens is 2. The van der Waals surface area contributed by atoms with Gasteiger partial charge in [0.2, 0.25) is 0 Å². The quantitative estimate of drug-likeness (QED) is 0.615. The predicted molar refractivity (Wildman–Crippen MR) is 105 cm³/mol. The molecule has 0 saturated heterocycles. The molecule has 0 fully saturated rings. The molecule has 0 bridgehead atoms. The highest BCUT2D eigenvalue weighted by molar-refractivity contribution is 6.42. The minimum atomic E-state index is -0.296. The van der Waals surface area contributed by atoms with Gasteiger partial charge >= 0.3 is 0 Å². The molecular weight excluding hydrogens is 373 g/mol. The summed E-state index contributed by atoms with van der Waals surface area (Å²) in [7, 11) is 1.61. The van der Waals surface area contributed by atoms with Crippen LogP contribution < -0.4 is 15.4 Å². The minimum Gasteiger partial charge on any atom is -0.495 e. The highest BCUT2D eigenvalue weighted by Gasteiger charge is 2.09. The van der Waals surface area contributed by atoms with E-state index in [1.807, 2.05) is 24.3 Å². The third kappa shape index (κ3) is 4.25. The number of para-hydroxylation sites is 2. The molecule has 2 N–H and O–H groups in total. The standard InChI is InChI=1S/C19H15Cl2N3O2/c1-26-17-5-3-2-4-16(17)24-18-9-7-13(11-22-18)23-19(25)12-6-8-14(20)15(21)10-12/h2-11H,1H3,(H,22,24)(H,23,25). The Balaban J connectivity index is 1.69. The molecule has 132 valence electrons. The molecule has 0 radical (unpaired) electrons. The maximum Gasteiger partial charge on any atom is 0.255 e. The van der Waals surface area contributed by atoms with Gasteiger partial charge in [-0.15, -0.1) is 0 Å². The number of rotatable bonds is 5. The highest BCUT2D eigenvalue weighted by Crippen LogP contribution is 2.27. The lowest BCUT2D eigenvalue weighted by molar-refractivity contribution is 0.102. The average Bonchev–Trinajstić information content (AvgIpc) is 2.66. The van der Waals surface area contributed by atoms with Crippen molar-refractivity contribution in [3.05, 3.63) is 76.4 Å². The van der Waals surface area contributed by atoms with Crippen molar-refractivity contribution in [3.8, 4) is 5.75 Å². The summed E-state index contributed by atoms with van der Waals surface area (Å²) in [6.07, 6.45) is 1.56. The van der Waals surface area contributed by atoms with E-state index < -0.39 is 0 Å². The van der Waals surface area contributed by atoms with E-state index in [0.717, 1.165) is 5.69 Å². The number of pyridine rings is 1. The summed E-state index contributed by atoms with van der Waals surface area (Å²) in [6.45, 7) is 0. The second kappa shape index (κ2) is 8.08. The second-order valence-electron chi connectivity index (χ2n) is 5.34. The summed E-state index contributed by atoms with van der Waals surface area (Å²) in [6, 6.07) is 15.7. The number of anilines is 3. The monoisotopic (exact) mass is 387 g/mol. The summed E-state index contributed by atoms with van der Waals surface area (Å²) in [5.41, 5.74) is 1.78. The van der Waals surface area contributed by atoms with Gasteiger partial charge in [-0.1, -0.05) is 35.3 Å². The van der Waals surface area contributed by atoms with Crippen molar-refractivity contribution in [3.63, 3.8) is 0 Å². The molecule has 26 heavy (non-hydrogen) atoms. The van der Waals surface area contributed by atoms with Crippen molar-refractivity contribution in [2.75, 3.05) is 17.7 Å². The number of nitrogens with zero attached hydrogens (tertiary/aromatic N) is 1. The third-order valence-corrected chi connectivity index (χ3v) is 4.31. The van der Waals surface area contributed by atoms with E-state index in [4.69, 9.17) is 27.9 Å². The van der Waals surface area contributed by atoms with Gasteiger partial charge in [0, 0.05) is 5.56 Å². The van der Waals surface area contributed by atoms with Crippen molar-refractivity contribution >= 4 is 46.3 Å². The van der Waals surface area contributed by atoms with Gasteiger partial charge in [0.05, 0.1) is 34.7 Å². The molecule has 5 nitrogen and oxygen atoms in total. The Hall–Kier alpha value is -2.76. The van der Waals surface area contributed by atoms with Gasteiger partial charge < -0.3 is 15.4 Å². The molecule has 3 rings (SSSR count). The van der Waals surface area contributed by atoms with E-state index in [-0.39, 0.29) is 5.91 Å². The first-order chi connectivity index (χ1) is 12.6. The first-order valence-electron chi connectivity index (χ1n) is 7.69. The van der Waals surface area contributed by atoms with E-state index in [0.29, 0.717) is 32.9 Å². The summed E-state index contributed by atoms with van der Waals surface area (Å²) in [5, 5.41) is 6.66. The molecule has 0 unspecified atom stereocenters. The summed E-state index contributed by atoms with van der Waals surface area (Å²) in [5.74, 6) is 1.05. The summed E-state index contributed by atoms with van der Waals surface area (Å²) >= 11 is 11.8. The molecule has 0 aliphatic carbocycles. The zero-order valence-electron chi connectivity index (χ0n) is 13.8. The fourth-order valence-electron chi connectivity index (χ4n) is 2.27. The van der Waals surface area contributed by atoms with Crippen LogP contribution in [0.15, 0.2) is 60.8 Å². The molecule has 1 heterocycles. The zero-order chi connectivity index (χ0) is 18.5. The van der Waals surface area contributed by atoms with Crippen LogP contribution in [0.4, 0.5) is 17.2 Å². The van der Waals surface area contributed by atoms with Crippen LogP contribution in [0.1, 0.15) is 10.4 Å². The smallest absolute Gasteiger partial charge is 0.255 e. The molecule has 0 saturated carbocycles. The fraction of sp³-hybridized carbons (Fsp3) is 0.0526. The number of ether oxygens (including phenoxy) is 1. The fourth-order valence-corrected chi connectivity index (χ4v) is 2.57. The third-order valence-electron chi connectivity index (χ3n) is 3.57. The van der Waals surface area contributed by atoms with Gasteiger partial charge in [-0.2, -0.15) is 0 Å². The number of hydrogen-bond acceptors (Lipinski definition) is 4. The first-order valence-corrected chi connectivity index (χ1v) is 8.45. The van der Waals surface area contributed by atoms with E-state index in [2.05, 4.69) is 15.6 Å². The lowest BCUT2D eigenvalue weighted by Crippen LogP contribution is -2.12. The zero-order valence-corrected chi connectivity index (χ0v) is 15.3. The molecule has 0 spiro atoms. The molecule has 7 heteroatoms. The maximum atomic E-state index is 12.3. The van der Waals surface area contributed by atoms with E-state index in [1.165, 1.54) is 6.07 Å². The Morgan fingerprint density at radius 1 is 1.04 bits per heavy atom. The van der Waals surface area contributed by atoms with Gasteiger partial charge in [-0.05, 0) is 42.5 Å². The Morgan fingerprint density at radius 2 is 1.85 bits per heavy atom. The van der Waals surface area contributed by atoms with Crippen molar-refractivity contribution in [2.45, 2.75) is 0 Å². The number of aromatic nitrogens is 1. The van der Waals surface area contributed by atoms with Crippen LogP contribution in [0.3, 0.4) is 0 Å². The van der Waals surface area contributed by atoms with Crippen LogP contribution in [0.25, 0.3) is 0 Å². The number of benzene rings is 2. The van der Waals surface area contributed by atoms with Crippen LogP contribution in [-0.2, 0) is 0 Å². The number of nitrogens with one attached hydrogen (secondary N) is 2. The largest absolute Gasteiger partial charge is 0.495 e. The van der Waals surface area contributed by atoms with E-state index in [9.17, 15) is 4.79 Å². The van der Waals surface area contributed by atoms with Crippen molar-refractivity contribution in [1.82, 2.24) is 4.98 Å². The normalized spacial score (nSPS) is 10.3. The van der Waals surface area contributed by atoms with Crippen LogP contribution in [0.2, 0.25) is 10.0 Å². The molecule has 1 aromatic heterocycles. The van der Waals surface area contributed by atoms with Gasteiger partial charge in [-0.25, -0.2) is 4.98 Å². The maximum absolute atomic E-state index is 12.3. The van der Waals surface area contributed by atoms with Crippen LogP contribution in [-0.4, -0.2) is 18.0 Å². The number of carbonyl (C=O) groups excluding carboxylic acids is 1. The highest BCUT2D eigenvalue weighted by atomic mass is 35.5. The minimum absolute atomic E-state index is 0.296. The molecular formula is C19H15Cl2N3O2. The van der Waals surface area contributed by atoms with Gasteiger partial charge in [0.1, 0.15) is 11.6 Å². The van der Waals surface area contributed by atoms with Gasteiger partial charge in [0.25, 0.3) is 5.91 Å². The molecule has 0 atom stereocenters. The SMILES string of the molecule is COc1ccccc1Nc1ccc(NC(=O)c2ccc(Cl)c(Cl)c2)cn1. The van der Waals surface area contributed by atoms with E-state index >= 15 is 0 Å². The lowest BCUT2D eigenvalue weighted by atomic mass is 10.2. The Labute approximate surface area is 160 Å². The van der Waals surface area contributed by atoms with Crippen LogP contribution >= 0.6 is 23.2 Å². The number of carbonyl (C=O) groups is 1. The summed E-state index contributed by atoms with van der Waals surface area (Å²) < 4.78 is 5.29. The van der Waals surface area contributed by atoms with Gasteiger partial charge in [0.15, 0.2) is 0 Å². The van der Waals surface area contributed by atoms with Crippen molar-refractivity contribution in [1.29, 1.82) is 0 Å². The van der Waals surface area contributed by atoms with Crippen molar-refractivity contribution in [2.24, 2.45) is 0 Å². The molecule has 1 amide bonds. The molecule has 2 aromatic carbocycles. The van der Waals surface area contributed by atoms with Gasteiger partial charge in [-0.3, -0.25) is 4.79 Å². The Morgan fingerprint density at radius 3 is 2.54 bits per heavy atom. The number of methoxy groups -OCH3 is 1. The second-order valence-corrected chi connectivity index (χ2v) is 6.15. The number of amides is 1. The molecule has 3 aromatic rings. The van der Waals surface area contributed by atoms with Crippen LogP contribution in [0.5, 0.6) is 5.75 Å². The van der Waals surface area contributed by atoms with E-state index in [1.54, 1.807) is 37.6 Å². The van der Waals surface area contributed by atoms with Crippen molar-refractivity contribution < 1.29 is 9.53 Å². The lowest BCUT2D eigenvalue weighted by Gasteiger charge is -2.11. The van der Waals surface area contributed by atoms with Crippen LogP contribution in [0, 0.1) is 0 Å². The number of hydrogen-bond donors (Lipinski definition) is 2.